The average Bonchev–Trinajstić information content (AvgIpc) is 3.06. The monoisotopic (exact) mass is 233 g/mol. The van der Waals surface area contributed by atoms with Crippen molar-refractivity contribution in [2.75, 3.05) is 0 Å². The lowest BCUT2D eigenvalue weighted by Crippen LogP contribution is -2.42. The Morgan fingerprint density at radius 2 is 2.06 bits per heavy atom. The number of primary amides is 1. The van der Waals surface area contributed by atoms with E-state index in [0.29, 0.717) is 12.1 Å². The lowest BCUT2D eigenvalue weighted by atomic mass is 10.1. The van der Waals surface area contributed by atoms with E-state index in [1.165, 1.54) is 0 Å². The number of rotatable bonds is 4. The van der Waals surface area contributed by atoms with Crippen molar-refractivity contribution in [3.8, 4) is 0 Å². The van der Waals surface area contributed by atoms with Gasteiger partial charge in [-0.05, 0) is 30.5 Å². The first-order chi connectivity index (χ1) is 8.01. The minimum Gasteiger partial charge on any atom is -0.366 e. The molecule has 1 saturated carbocycles. The molecular weight excluding hydrogens is 218 g/mol. The number of nitrogens with two attached hydrogens (primary N) is 2. The molecule has 0 saturated heterocycles. The van der Waals surface area contributed by atoms with E-state index < -0.39 is 11.4 Å². The summed E-state index contributed by atoms with van der Waals surface area (Å²) in [7, 11) is 0. The molecule has 2 rings (SSSR count). The minimum absolute atomic E-state index is 0.137. The summed E-state index contributed by atoms with van der Waals surface area (Å²) in [5.41, 5.74) is 11.5. The van der Waals surface area contributed by atoms with Gasteiger partial charge >= 0.3 is 0 Å². The summed E-state index contributed by atoms with van der Waals surface area (Å²) in [5, 5.41) is 2.75. The van der Waals surface area contributed by atoms with Crippen molar-refractivity contribution in [2.24, 2.45) is 11.5 Å². The molecule has 5 heteroatoms. The third-order valence-electron chi connectivity index (χ3n) is 2.91. The fourth-order valence-electron chi connectivity index (χ4n) is 1.55. The Labute approximate surface area is 99.2 Å². The first kappa shape index (κ1) is 11.6. The molecule has 1 fully saturated rings. The van der Waals surface area contributed by atoms with E-state index in [4.69, 9.17) is 11.5 Å². The van der Waals surface area contributed by atoms with Crippen LogP contribution in [0.3, 0.4) is 0 Å². The quantitative estimate of drug-likeness (QED) is 0.676. The Balaban J connectivity index is 1.97. The first-order valence-corrected chi connectivity index (χ1v) is 5.47. The van der Waals surface area contributed by atoms with E-state index in [-0.39, 0.29) is 5.91 Å². The molecule has 17 heavy (non-hydrogen) atoms. The van der Waals surface area contributed by atoms with Crippen LogP contribution in [0.15, 0.2) is 24.3 Å². The van der Waals surface area contributed by atoms with Crippen LogP contribution in [0.2, 0.25) is 0 Å². The van der Waals surface area contributed by atoms with E-state index in [2.05, 4.69) is 5.32 Å². The zero-order valence-electron chi connectivity index (χ0n) is 9.40. The second-order valence-corrected chi connectivity index (χ2v) is 4.40. The SMILES string of the molecule is NC(=O)c1cccc(CNC(=O)C2(N)CC2)c1. The highest BCUT2D eigenvalue weighted by Gasteiger charge is 2.45. The van der Waals surface area contributed by atoms with Gasteiger partial charge in [0.2, 0.25) is 11.8 Å². The van der Waals surface area contributed by atoms with Gasteiger partial charge in [0.05, 0.1) is 5.54 Å². The smallest absolute Gasteiger partial charge is 0.248 e. The lowest BCUT2D eigenvalue weighted by Gasteiger charge is -2.10. The summed E-state index contributed by atoms with van der Waals surface area (Å²) < 4.78 is 0. The van der Waals surface area contributed by atoms with Crippen molar-refractivity contribution in [2.45, 2.75) is 24.9 Å². The molecule has 0 bridgehead atoms. The van der Waals surface area contributed by atoms with Gasteiger partial charge in [-0.15, -0.1) is 0 Å². The zero-order valence-corrected chi connectivity index (χ0v) is 9.40. The normalized spacial score (nSPS) is 16.3. The van der Waals surface area contributed by atoms with Gasteiger partial charge in [0.1, 0.15) is 0 Å². The van der Waals surface area contributed by atoms with Crippen molar-refractivity contribution < 1.29 is 9.59 Å². The van der Waals surface area contributed by atoms with E-state index in [9.17, 15) is 9.59 Å². The molecule has 1 aromatic rings. The van der Waals surface area contributed by atoms with Gasteiger partial charge in [-0.1, -0.05) is 12.1 Å². The fraction of sp³-hybridized carbons (Fsp3) is 0.333. The molecule has 0 radical (unpaired) electrons. The van der Waals surface area contributed by atoms with Gasteiger partial charge in [-0.2, -0.15) is 0 Å². The van der Waals surface area contributed by atoms with Crippen LogP contribution >= 0.6 is 0 Å². The Morgan fingerprint density at radius 1 is 1.35 bits per heavy atom. The van der Waals surface area contributed by atoms with Crippen LogP contribution in [-0.2, 0) is 11.3 Å². The molecule has 0 aliphatic heterocycles. The number of nitrogens with one attached hydrogen (secondary N) is 1. The predicted octanol–water partition coefficient (Wildman–Crippen LogP) is -0.107. The molecule has 1 aliphatic carbocycles. The second-order valence-electron chi connectivity index (χ2n) is 4.40. The molecule has 90 valence electrons. The summed E-state index contributed by atoms with van der Waals surface area (Å²) >= 11 is 0. The van der Waals surface area contributed by atoms with Crippen LogP contribution in [0.5, 0.6) is 0 Å². The van der Waals surface area contributed by atoms with Crippen molar-refractivity contribution in [1.29, 1.82) is 0 Å². The Hall–Kier alpha value is -1.88. The largest absolute Gasteiger partial charge is 0.366 e. The number of amides is 2. The molecule has 0 aromatic heterocycles. The third kappa shape index (κ3) is 2.62. The van der Waals surface area contributed by atoms with Crippen LogP contribution in [0.1, 0.15) is 28.8 Å². The molecule has 0 unspecified atom stereocenters. The molecule has 1 aromatic carbocycles. The minimum atomic E-state index is -0.665. The molecule has 0 atom stereocenters. The van der Waals surface area contributed by atoms with E-state index >= 15 is 0 Å². The Bertz CT molecular complexity index is 467. The van der Waals surface area contributed by atoms with Gasteiger partial charge in [0, 0.05) is 12.1 Å². The maximum Gasteiger partial charge on any atom is 0.248 e. The number of hydrogen-bond acceptors (Lipinski definition) is 3. The fourth-order valence-corrected chi connectivity index (χ4v) is 1.55. The number of carbonyl (C=O) groups excluding carboxylic acids is 2. The third-order valence-corrected chi connectivity index (χ3v) is 2.91. The summed E-state index contributed by atoms with van der Waals surface area (Å²) in [4.78, 5) is 22.6. The molecule has 5 nitrogen and oxygen atoms in total. The van der Waals surface area contributed by atoms with Crippen LogP contribution in [0, 0.1) is 0 Å². The molecule has 2 amide bonds. The van der Waals surface area contributed by atoms with Crippen molar-refractivity contribution >= 4 is 11.8 Å². The topological polar surface area (TPSA) is 98.2 Å². The summed E-state index contributed by atoms with van der Waals surface area (Å²) in [6.07, 6.45) is 1.47. The van der Waals surface area contributed by atoms with Crippen LogP contribution < -0.4 is 16.8 Å². The van der Waals surface area contributed by atoms with Gasteiger partial charge in [0.15, 0.2) is 0 Å². The van der Waals surface area contributed by atoms with Gasteiger partial charge in [-0.25, -0.2) is 0 Å². The Morgan fingerprint density at radius 3 is 2.65 bits per heavy atom. The number of carbonyl (C=O) groups is 2. The second kappa shape index (κ2) is 4.18. The van der Waals surface area contributed by atoms with E-state index in [0.717, 1.165) is 18.4 Å². The van der Waals surface area contributed by atoms with Crippen molar-refractivity contribution in [3.63, 3.8) is 0 Å². The first-order valence-electron chi connectivity index (χ1n) is 5.47. The number of benzene rings is 1. The van der Waals surface area contributed by atoms with E-state index in [1.54, 1.807) is 18.2 Å². The van der Waals surface area contributed by atoms with Crippen molar-refractivity contribution in [3.05, 3.63) is 35.4 Å². The maximum atomic E-state index is 11.6. The number of hydrogen-bond donors (Lipinski definition) is 3. The average molecular weight is 233 g/mol. The van der Waals surface area contributed by atoms with Crippen LogP contribution in [0.4, 0.5) is 0 Å². The highest BCUT2D eigenvalue weighted by molar-refractivity contribution is 5.93. The molecule has 0 heterocycles. The standard InChI is InChI=1S/C12H15N3O2/c13-10(16)9-3-1-2-8(6-9)7-15-11(17)12(14)4-5-12/h1-3,6H,4-5,7,14H2,(H2,13,16)(H,15,17). The van der Waals surface area contributed by atoms with Gasteiger partial charge in [-0.3, -0.25) is 9.59 Å². The molecular formula is C12H15N3O2. The molecule has 1 aliphatic rings. The summed E-state index contributed by atoms with van der Waals surface area (Å²) in [6, 6.07) is 6.86. The van der Waals surface area contributed by atoms with Gasteiger partial charge < -0.3 is 16.8 Å². The predicted molar refractivity (Wildman–Crippen MR) is 63.0 cm³/mol. The Kier molecular flexibility index (Phi) is 2.85. The van der Waals surface area contributed by atoms with Crippen LogP contribution in [-0.4, -0.2) is 17.4 Å². The zero-order chi connectivity index (χ0) is 12.5. The molecule has 5 N–H and O–H groups in total. The van der Waals surface area contributed by atoms with Gasteiger partial charge in [0.25, 0.3) is 0 Å². The van der Waals surface area contributed by atoms with E-state index in [1.807, 2.05) is 6.07 Å². The maximum absolute atomic E-state index is 11.6. The van der Waals surface area contributed by atoms with Crippen LogP contribution in [0.25, 0.3) is 0 Å². The summed E-state index contributed by atoms with van der Waals surface area (Å²) in [5.74, 6) is -0.613. The summed E-state index contributed by atoms with van der Waals surface area (Å²) in [6.45, 7) is 0.360. The highest BCUT2D eigenvalue weighted by atomic mass is 16.2. The molecule has 0 spiro atoms. The lowest BCUT2D eigenvalue weighted by molar-refractivity contribution is -0.123. The highest BCUT2D eigenvalue weighted by Crippen LogP contribution is 2.32. The van der Waals surface area contributed by atoms with Crippen molar-refractivity contribution in [1.82, 2.24) is 5.32 Å².